The van der Waals surface area contributed by atoms with Gasteiger partial charge in [-0.1, -0.05) is 49.4 Å². The monoisotopic (exact) mass is 360 g/mol. The predicted octanol–water partition coefficient (Wildman–Crippen LogP) is 4.32. The van der Waals surface area contributed by atoms with E-state index in [0.717, 1.165) is 31.0 Å². The third-order valence-electron chi connectivity index (χ3n) is 4.43. The lowest BCUT2D eigenvalue weighted by molar-refractivity contribution is 0.102. The van der Waals surface area contributed by atoms with Crippen molar-refractivity contribution in [2.24, 2.45) is 0 Å². The molecule has 0 radical (unpaired) electrons. The molecule has 0 atom stereocenters. The highest BCUT2D eigenvalue weighted by molar-refractivity contribution is 6.03. The Morgan fingerprint density at radius 3 is 2.37 bits per heavy atom. The van der Waals surface area contributed by atoms with Crippen LogP contribution < -0.4 is 10.2 Å². The Kier molecular flexibility index (Phi) is 6.15. The summed E-state index contributed by atoms with van der Waals surface area (Å²) in [5, 5.41) is 2.90. The first-order chi connectivity index (χ1) is 13.2. The summed E-state index contributed by atoms with van der Waals surface area (Å²) in [6, 6.07) is 19.8. The summed E-state index contributed by atoms with van der Waals surface area (Å²) in [5.74, 6) is 0.501. The van der Waals surface area contributed by atoms with E-state index >= 15 is 0 Å². The summed E-state index contributed by atoms with van der Waals surface area (Å²) in [7, 11) is 0. The molecule has 0 spiro atoms. The minimum atomic E-state index is -0.237. The molecule has 3 aromatic rings. The number of nitrogens with zero attached hydrogens (tertiary/aromatic N) is 3. The van der Waals surface area contributed by atoms with Crippen molar-refractivity contribution >= 4 is 17.4 Å². The number of rotatable bonds is 7. The average molecular weight is 360 g/mol. The molecule has 27 heavy (non-hydrogen) atoms. The average Bonchev–Trinajstić information content (AvgIpc) is 2.73. The van der Waals surface area contributed by atoms with E-state index in [1.165, 1.54) is 17.5 Å². The van der Waals surface area contributed by atoms with E-state index in [1.54, 1.807) is 6.07 Å². The SMILES string of the molecule is CCc1ccc(NC(=O)c2cc(N(CC)Cc3ccccc3)ncn2)cc1. The largest absolute Gasteiger partial charge is 0.352 e. The zero-order chi connectivity index (χ0) is 19.1. The highest BCUT2D eigenvalue weighted by atomic mass is 16.1. The number of hydrogen-bond acceptors (Lipinski definition) is 4. The molecule has 0 fully saturated rings. The number of benzene rings is 2. The first kappa shape index (κ1) is 18.6. The van der Waals surface area contributed by atoms with Gasteiger partial charge in [0.25, 0.3) is 5.91 Å². The highest BCUT2D eigenvalue weighted by Crippen LogP contribution is 2.16. The van der Waals surface area contributed by atoms with Gasteiger partial charge in [-0.2, -0.15) is 0 Å². The number of hydrogen-bond donors (Lipinski definition) is 1. The summed E-state index contributed by atoms with van der Waals surface area (Å²) >= 11 is 0. The molecule has 1 aromatic heterocycles. The van der Waals surface area contributed by atoms with Crippen molar-refractivity contribution in [3.8, 4) is 0 Å². The van der Waals surface area contributed by atoms with Gasteiger partial charge >= 0.3 is 0 Å². The molecular weight excluding hydrogens is 336 g/mol. The number of anilines is 2. The molecule has 3 rings (SSSR count). The second kappa shape index (κ2) is 8.94. The van der Waals surface area contributed by atoms with Crippen molar-refractivity contribution in [2.75, 3.05) is 16.8 Å². The molecule has 0 saturated heterocycles. The number of aromatic nitrogens is 2. The fraction of sp³-hybridized carbons (Fsp3) is 0.227. The zero-order valence-corrected chi connectivity index (χ0v) is 15.7. The second-order valence-electron chi connectivity index (χ2n) is 6.27. The van der Waals surface area contributed by atoms with Crippen LogP contribution >= 0.6 is 0 Å². The van der Waals surface area contributed by atoms with Crippen LogP contribution in [0.4, 0.5) is 11.5 Å². The van der Waals surface area contributed by atoms with Gasteiger partial charge in [-0.15, -0.1) is 0 Å². The minimum Gasteiger partial charge on any atom is -0.352 e. The Bertz CT molecular complexity index is 878. The van der Waals surface area contributed by atoms with Crippen molar-refractivity contribution in [1.29, 1.82) is 0 Å². The quantitative estimate of drug-likeness (QED) is 0.682. The van der Waals surface area contributed by atoms with Crippen LogP contribution in [0.5, 0.6) is 0 Å². The van der Waals surface area contributed by atoms with Gasteiger partial charge in [0.05, 0.1) is 0 Å². The number of carbonyl (C=O) groups excluding carboxylic acids is 1. The molecule has 5 nitrogen and oxygen atoms in total. The van der Waals surface area contributed by atoms with Gasteiger partial charge in [0.1, 0.15) is 17.8 Å². The van der Waals surface area contributed by atoms with Gasteiger partial charge in [0.2, 0.25) is 0 Å². The van der Waals surface area contributed by atoms with E-state index in [9.17, 15) is 4.79 Å². The molecule has 0 aliphatic rings. The molecular formula is C22H24N4O. The normalized spacial score (nSPS) is 10.4. The van der Waals surface area contributed by atoms with Crippen LogP contribution in [0.25, 0.3) is 0 Å². The van der Waals surface area contributed by atoms with Crippen LogP contribution in [0.1, 0.15) is 35.5 Å². The third-order valence-corrected chi connectivity index (χ3v) is 4.43. The Morgan fingerprint density at radius 2 is 1.70 bits per heavy atom. The number of nitrogens with one attached hydrogen (secondary N) is 1. The topological polar surface area (TPSA) is 58.1 Å². The molecule has 1 amide bonds. The van der Waals surface area contributed by atoms with Gasteiger partial charge in [0, 0.05) is 24.8 Å². The van der Waals surface area contributed by atoms with Gasteiger partial charge in [-0.05, 0) is 36.6 Å². The number of carbonyl (C=O) groups is 1. The molecule has 0 aliphatic heterocycles. The van der Waals surface area contributed by atoms with Gasteiger partial charge < -0.3 is 10.2 Å². The molecule has 1 N–H and O–H groups in total. The lowest BCUT2D eigenvalue weighted by Gasteiger charge is -2.22. The minimum absolute atomic E-state index is 0.237. The van der Waals surface area contributed by atoms with Crippen molar-refractivity contribution in [3.05, 3.63) is 83.8 Å². The molecule has 0 saturated carbocycles. The van der Waals surface area contributed by atoms with E-state index in [2.05, 4.69) is 46.2 Å². The van der Waals surface area contributed by atoms with Crippen molar-refractivity contribution in [3.63, 3.8) is 0 Å². The maximum atomic E-state index is 12.6. The van der Waals surface area contributed by atoms with Crippen LogP contribution in [0, 0.1) is 0 Å². The first-order valence-electron chi connectivity index (χ1n) is 9.20. The number of aryl methyl sites for hydroxylation is 1. The summed E-state index contributed by atoms with van der Waals surface area (Å²) in [4.78, 5) is 23.2. The Balaban J connectivity index is 1.73. The third kappa shape index (κ3) is 4.91. The van der Waals surface area contributed by atoms with Crippen molar-refractivity contribution in [2.45, 2.75) is 26.8 Å². The van der Waals surface area contributed by atoms with Gasteiger partial charge in [-0.25, -0.2) is 9.97 Å². The summed E-state index contributed by atoms with van der Waals surface area (Å²) in [6.45, 7) is 5.68. The van der Waals surface area contributed by atoms with Crippen LogP contribution in [-0.4, -0.2) is 22.4 Å². The van der Waals surface area contributed by atoms with E-state index in [1.807, 2.05) is 42.5 Å². The lowest BCUT2D eigenvalue weighted by atomic mass is 10.1. The summed E-state index contributed by atoms with van der Waals surface area (Å²) < 4.78 is 0. The van der Waals surface area contributed by atoms with Crippen LogP contribution in [0.3, 0.4) is 0 Å². The van der Waals surface area contributed by atoms with E-state index in [0.29, 0.717) is 5.69 Å². The molecule has 0 aliphatic carbocycles. The van der Waals surface area contributed by atoms with Gasteiger partial charge in [-0.3, -0.25) is 4.79 Å². The standard InChI is InChI=1S/C22H24N4O/c1-3-17-10-12-19(13-11-17)25-22(27)20-14-21(24-16-23-20)26(4-2)15-18-8-6-5-7-9-18/h5-14,16H,3-4,15H2,1-2H3,(H,25,27). The smallest absolute Gasteiger partial charge is 0.274 e. The molecule has 138 valence electrons. The Morgan fingerprint density at radius 1 is 0.963 bits per heavy atom. The van der Waals surface area contributed by atoms with Crippen LogP contribution in [0.2, 0.25) is 0 Å². The fourth-order valence-electron chi connectivity index (χ4n) is 2.82. The van der Waals surface area contributed by atoms with E-state index in [-0.39, 0.29) is 5.91 Å². The van der Waals surface area contributed by atoms with Crippen LogP contribution in [0.15, 0.2) is 67.0 Å². The number of amides is 1. The molecule has 0 unspecified atom stereocenters. The van der Waals surface area contributed by atoms with E-state index in [4.69, 9.17) is 0 Å². The summed E-state index contributed by atoms with van der Waals surface area (Å²) in [6.07, 6.45) is 2.41. The van der Waals surface area contributed by atoms with E-state index < -0.39 is 0 Å². The maximum absolute atomic E-state index is 12.6. The molecule has 2 aromatic carbocycles. The zero-order valence-electron chi connectivity index (χ0n) is 15.7. The second-order valence-corrected chi connectivity index (χ2v) is 6.27. The Labute approximate surface area is 160 Å². The molecule has 0 bridgehead atoms. The Hall–Kier alpha value is -3.21. The predicted molar refractivity (Wildman–Crippen MR) is 109 cm³/mol. The maximum Gasteiger partial charge on any atom is 0.274 e. The highest BCUT2D eigenvalue weighted by Gasteiger charge is 2.13. The van der Waals surface area contributed by atoms with Crippen LogP contribution in [-0.2, 0) is 13.0 Å². The molecule has 5 heteroatoms. The molecule has 1 heterocycles. The van der Waals surface area contributed by atoms with Crippen molar-refractivity contribution < 1.29 is 4.79 Å². The summed E-state index contributed by atoms with van der Waals surface area (Å²) in [5.41, 5.74) is 3.54. The van der Waals surface area contributed by atoms with Gasteiger partial charge in [0.15, 0.2) is 0 Å². The lowest BCUT2D eigenvalue weighted by Crippen LogP contribution is -2.24. The first-order valence-corrected chi connectivity index (χ1v) is 9.20. The fourth-order valence-corrected chi connectivity index (χ4v) is 2.82. The van der Waals surface area contributed by atoms with Crippen molar-refractivity contribution in [1.82, 2.24) is 9.97 Å².